The molecule has 208 valence electrons. The number of benzene rings is 1. The summed E-state index contributed by atoms with van der Waals surface area (Å²) in [5.41, 5.74) is 2.53. The fourth-order valence-corrected chi connectivity index (χ4v) is 5.25. The molecule has 1 aliphatic rings. The molecule has 3 heterocycles. The van der Waals surface area contributed by atoms with E-state index >= 15 is 0 Å². The van der Waals surface area contributed by atoms with Gasteiger partial charge in [0.05, 0.1) is 34.6 Å². The third kappa shape index (κ3) is 7.25. The molecule has 0 radical (unpaired) electrons. The largest absolute Gasteiger partial charge is 0.442 e. The number of hydrogen-bond acceptors (Lipinski definition) is 8. The molecule has 4 rings (SSSR count). The van der Waals surface area contributed by atoms with Gasteiger partial charge in [-0.1, -0.05) is 17.7 Å². The van der Waals surface area contributed by atoms with Gasteiger partial charge >= 0.3 is 6.09 Å². The fourth-order valence-electron chi connectivity index (χ4n) is 4.29. The van der Waals surface area contributed by atoms with Crippen LogP contribution in [-0.4, -0.2) is 67.7 Å². The van der Waals surface area contributed by atoms with E-state index in [0.29, 0.717) is 52.1 Å². The normalized spacial score (nSPS) is 15.0. The van der Waals surface area contributed by atoms with Gasteiger partial charge in [-0.05, 0) is 62.3 Å². The first kappa shape index (κ1) is 28.8. The standard InChI is InChI=1S/C27H31ClN4O6S/c1-37-17-19-14-20(32-16-21(38-27(32)36)15-30-25(34)23-7-8-24(28)39-23)5-6-22(19)31-12-2-4-18(26(31)35)9-11-29-10-3-13-33/h2,4-8,12,14,21,29,33H,3,9-11,13,15-17H2,1H3,(H,30,34)/t21-/m0/s1. The summed E-state index contributed by atoms with van der Waals surface area (Å²) in [4.78, 5) is 40.2. The number of aliphatic hydroxyl groups is 1. The lowest BCUT2D eigenvalue weighted by Gasteiger charge is -2.18. The number of carbonyl (C=O) groups is 2. The number of nitrogens with one attached hydrogen (secondary N) is 2. The molecule has 1 aliphatic heterocycles. The van der Waals surface area contributed by atoms with Crippen molar-refractivity contribution >= 4 is 40.6 Å². The van der Waals surface area contributed by atoms with E-state index in [2.05, 4.69) is 10.6 Å². The number of cyclic esters (lactones) is 1. The number of aromatic nitrogens is 1. The molecule has 0 unspecified atom stereocenters. The van der Waals surface area contributed by atoms with E-state index in [9.17, 15) is 14.4 Å². The Morgan fingerprint density at radius 1 is 1.21 bits per heavy atom. The van der Waals surface area contributed by atoms with E-state index in [1.165, 1.54) is 16.2 Å². The molecule has 1 atom stereocenters. The van der Waals surface area contributed by atoms with Crippen molar-refractivity contribution in [3.05, 3.63) is 79.4 Å². The second kappa shape index (κ2) is 13.7. The van der Waals surface area contributed by atoms with Crippen LogP contribution in [0.25, 0.3) is 5.69 Å². The van der Waals surface area contributed by atoms with Crippen LogP contribution in [0.2, 0.25) is 4.34 Å². The van der Waals surface area contributed by atoms with E-state index in [4.69, 9.17) is 26.2 Å². The summed E-state index contributed by atoms with van der Waals surface area (Å²) in [7, 11) is 1.57. The van der Waals surface area contributed by atoms with Gasteiger partial charge in [-0.3, -0.25) is 19.1 Å². The summed E-state index contributed by atoms with van der Waals surface area (Å²) < 4.78 is 13.0. The Hall–Kier alpha value is -3.22. The SMILES string of the molecule is COCc1cc(N2C[C@H](CNC(=O)c3ccc(Cl)s3)OC2=O)ccc1-n1cccc(CCNCCCO)c1=O. The molecule has 2 aromatic heterocycles. The number of rotatable bonds is 13. The number of pyridine rings is 1. The number of ether oxygens (including phenoxy) is 2. The van der Waals surface area contributed by atoms with Crippen LogP contribution >= 0.6 is 22.9 Å². The average Bonchev–Trinajstić information content (AvgIpc) is 3.53. The van der Waals surface area contributed by atoms with Crippen molar-refractivity contribution < 1.29 is 24.2 Å². The summed E-state index contributed by atoms with van der Waals surface area (Å²) in [5.74, 6) is -0.276. The van der Waals surface area contributed by atoms with Crippen LogP contribution < -0.4 is 21.1 Å². The number of amides is 2. The molecule has 1 saturated heterocycles. The molecule has 3 aromatic rings. The Morgan fingerprint density at radius 2 is 2.05 bits per heavy atom. The van der Waals surface area contributed by atoms with Gasteiger partial charge in [0.15, 0.2) is 0 Å². The van der Waals surface area contributed by atoms with Gasteiger partial charge in [0.1, 0.15) is 6.10 Å². The van der Waals surface area contributed by atoms with Crippen LogP contribution in [0.5, 0.6) is 0 Å². The topological polar surface area (TPSA) is 122 Å². The second-order valence-corrected chi connectivity index (χ2v) is 10.7. The molecule has 12 heteroatoms. The Kier molecular flexibility index (Phi) is 10.1. The lowest BCUT2D eigenvalue weighted by Crippen LogP contribution is -2.34. The van der Waals surface area contributed by atoms with Gasteiger partial charge in [0, 0.05) is 36.7 Å². The number of carbonyl (C=O) groups excluding carboxylic acids is 2. The van der Waals surface area contributed by atoms with Crippen LogP contribution in [-0.2, 0) is 22.5 Å². The smallest absolute Gasteiger partial charge is 0.414 e. The summed E-state index contributed by atoms with van der Waals surface area (Å²) in [6.07, 6.45) is 1.89. The molecule has 0 aliphatic carbocycles. The van der Waals surface area contributed by atoms with Crippen LogP contribution in [0.3, 0.4) is 0 Å². The van der Waals surface area contributed by atoms with Crippen molar-refractivity contribution in [3.8, 4) is 5.69 Å². The third-order valence-electron chi connectivity index (χ3n) is 6.20. The number of aliphatic hydroxyl groups excluding tert-OH is 1. The molecule has 0 bridgehead atoms. The highest BCUT2D eigenvalue weighted by atomic mass is 35.5. The highest BCUT2D eigenvalue weighted by Gasteiger charge is 2.33. The maximum absolute atomic E-state index is 13.2. The molecule has 39 heavy (non-hydrogen) atoms. The fraction of sp³-hybridized carbons (Fsp3) is 0.370. The highest BCUT2D eigenvalue weighted by Crippen LogP contribution is 2.27. The summed E-state index contributed by atoms with van der Waals surface area (Å²) >= 11 is 7.08. The minimum absolute atomic E-state index is 0.126. The quantitative estimate of drug-likeness (QED) is 0.268. The highest BCUT2D eigenvalue weighted by molar-refractivity contribution is 7.18. The van der Waals surface area contributed by atoms with E-state index in [1.54, 1.807) is 42.1 Å². The maximum Gasteiger partial charge on any atom is 0.414 e. The van der Waals surface area contributed by atoms with Gasteiger partial charge in [-0.15, -0.1) is 11.3 Å². The number of halogens is 1. The molecule has 1 aromatic carbocycles. The summed E-state index contributed by atoms with van der Waals surface area (Å²) in [6, 6.07) is 12.3. The number of hydrogen-bond donors (Lipinski definition) is 3. The molecular weight excluding hydrogens is 544 g/mol. The predicted molar refractivity (Wildman–Crippen MR) is 150 cm³/mol. The Balaban J connectivity index is 1.46. The van der Waals surface area contributed by atoms with E-state index in [1.807, 2.05) is 18.2 Å². The molecule has 1 fully saturated rings. The van der Waals surface area contributed by atoms with Gasteiger partial charge in [-0.2, -0.15) is 0 Å². The number of methoxy groups -OCH3 is 1. The Bertz CT molecular complexity index is 1360. The zero-order chi connectivity index (χ0) is 27.8. The zero-order valence-electron chi connectivity index (χ0n) is 21.5. The van der Waals surface area contributed by atoms with Gasteiger partial charge in [0.2, 0.25) is 0 Å². The van der Waals surface area contributed by atoms with Crippen LogP contribution in [0.15, 0.2) is 53.5 Å². The Labute approximate surface area is 235 Å². The summed E-state index contributed by atoms with van der Waals surface area (Å²) in [6.45, 7) is 2.09. The minimum atomic E-state index is -0.521. The van der Waals surface area contributed by atoms with E-state index in [0.717, 1.165) is 5.56 Å². The van der Waals surface area contributed by atoms with E-state index < -0.39 is 12.2 Å². The van der Waals surface area contributed by atoms with Gasteiger partial charge < -0.3 is 25.2 Å². The summed E-state index contributed by atoms with van der Waals surface area (Å²) in [5, 5.41) is 14.9. The van der Waals surface area contributed by atoms with Crippen molar-refractivity contribution in [2.75, 3.05) is 44.8 Å². The van der Waals surface area contributed by atoms with Gasteiger partial charge in [0.25, 0.3) is 11.5 Å². The first-order valence-corrected chi connectivity index (χ1v) is 13.8. The van der Waals surface area contributed by atoms with Crippen molar-refractivity contribution in [2.24, 2.45) is 0 Å². The first-order valence-electron chi connectivity index (χ1n) is 12.6. The number of thiophene rings is 1. The van der Waals surface area contributed by atoms with Crippen LogP contribution in [0.1, 0.15) is 27.2 Å². The molecular formula is C27H31ClN4O6S. The predicted octanol–water partition coefficient (Wildman–Crippen LogP) is 2.97. The molecule has 2 amide bonds. The van der Waals surface area contributed by atoms with Crippen molar-refractivity contribution in [2.45, 2.75) is 25.6 Å². The van der Waals surface area contributed by atoms with Crippen molar-refractivity contribution in [1.82, 2.24) is 15.2 Å². The maximum atomic E-state index is 13.2. The lowest BCUT2D eigenvalue weighted by molar-refractivity contribution is 0.0920. The minimum Gasteiger partial charge on any atom is -0.442 e. The zero-order valence-corrected chi connectivity index (χ0v) is 23.1. The van der Waals surface area contributed by atoms with E-state index in [-0.39, 0.29) is 37.8 Å². The van der Waals surface area contributed by atoms with Gasteiger partial charge in [-0.25, -0.2) is 4.79 Å². The molecule has 0 spiro atoms. The van der Waals surface area contributed by atoms with Crippen molar-refractivity contribution in [1.29, 1.82) is 0 Å². The van der Waals surface area contributed by atoms with Crippen LogP contribution in [0.4, 0.5) is 10.5 Å². The third-order valence-corrected chi connectivity index (χ3v) is 7.43. The first-order chi connectivity index (χ1) is 18.9. The van der Waals surface area contributed by atoms with Crippen LogP contribution in [0, 0.1) is 0 Å². The Morgan fingerprint density at radius 3 is 2.79 bits per heavy atom. The second-order valence-electron chi connectivity index (χ2n) is 8.96. The lowest BCUT2D eigenvalue weighted by atomic mass is 10.1. The average molecular weight is 575 g/mol. The van der Waals surface area contributed by atoms with Crippen molar-refractivity contribution in [3.63, 3.8) is 0 Å². The molecule has 0 saturated carbocycles. The molecule has 10 nitrogen and oxygen atoms in total. The number of nitrogens with zero attached hydrogens (tertiary/aromatic N) is 2. The number of anilines is 1. The monoisotopic (exact) mass is 574 g/mol. The molecule has 3 N–H and O–H groups in total.